The summed E-state index contributed by atoms with van der Waals surface area (Å²) in [4.78, 5) is 18.7. The van der Waals surface area contributed by atoms with Gasteiger partial charge in [0, 0.05) is 18.5 Å². The molecule has 3 nitrogen and oxygen atoms in total. The molecule has 0 aliphatic rings. The number of rotatable bonds is 5. The molecule has 0 unspecified atom stereocenters. The molecule has 102 valence electrons. The maximum atomic E-state index is 12.5. The summed E-state index contributed by atoms with van der Waals surface area (Å²) < 4.78 is 0. The Kier molecular flexibility index (Phi) is 4.71. The molecule has 0 saturated heterocycles. The number of aryl methyl sites for hydroxylation is 1. The van der Waals surface area contributed by atoms with E-state index < -0.39 is 0 Å². The summed E-state index contributed by atoms with van der Waals surface area (Å²) in [5, 5.41) is 6.91. The molecule has 0 N–H and O–H groups in total. The van der Waals surface area contributed by atoms with Crippen molar-refractivity contribution in [3.05, 3.63) is 38.5 Å². The van der Waals surface area contributed by atoms with Gasteiger partial charge in [-0.15, -0.1) is 11.3 Å². The zero-order valence-electron chi connectivity index (χ0n) is 11.4. The smallest absolute Gasteiger partial charge is 0.273 e. The first-order valence-corrected chi connectivity index (χ1v) is 8.11. The number of carbonyl (C=O) groups excluding carboxylic acids is 1. The average molecular weight is 294 g/mol. The summed E-state index contributed by atoms with van der Waals surface area (Å²) in [5.41, 5.74) is 1.75. The molecule has 0 bridgehead atoms. The van der Waals surface area contributed by atoms with Crippen molar-refractivity contribution < 1.29 is 4.79 Å². The lowest BCUT2D eigenvalue weighted by molar-refractivity contribution is 0.0717. The molecule has 5 heteroatoms. The standard InChI is InChI=1S/C14H18N2OS2/c1-10(2)6-16(7-12-4-5-18-8-12)14(17)13-9-19-11(3)15-13/h4-5,8-10H,6-7H2,1-3H3. The molecule has 2 heterocycles. The highest BCUT2D eigenvalue weighted by Crippen LogP contribution is 2.16. The summed E-state index contributed by atoms with van der Waals surface area (Å²) in [5.74, 6) is 0.478. The van der Waals surface area contributed by atoms with Crippen LogP contribution in [0.4, 0.5) is 0 Å². The molecule has 2 aromatic heterocycles. The van der Waals surface area contributed by atoms with Crippen LogP contribution in [0.2, 0.25) is 0 Å². The van der Waals surface area contributed by atoms with E-state index in [-0.39, 0.29) is 5.91 Å². The fraction of sp³-hybridized carbons (Fsp3) is 0.429. The highest BCUT2D eigenvalue weighted by atomic mass is 32.1. The predicted molar refractivity (Wildman–Crippen MR) is 80.7 cm³/mol. The molecule has 0 fully saturated rings. The number of amides is 1. The van der Waals surface area contributed by atoms with Crippen LogP contribution in [0.3, 0.4) is 0 Å². The van der Waals surface area contributed by atoms with Gasteiger partial charge in [0.05, 0.1) is 5.01 Å². The van der Waals surface area contributed by atoms with Crippen molar-refractivity contribution in [1.29, 1.82) is 0 Å². The zero-order chi connectivity index (χ0) is 13.8. The highest BCUT2D eigenvalue weighted by molar-refractivity contribution is 7.09. The molecule has 0 spiro atoms. The molecule has 0 aliphatic carbocycles. The van der Waals surface area contributed by atoms with Gasteiger partial charge in [0.15, 0.2) is 0 Å². The minimum absolute atomic E-state index is 0.0317. The van der Waals surface area contributed by atoms with E-state index in [0.717, 1.165) is 11.6 Å². The van der Waals surface area contributed by atoms with Crippen molar-refractivity contribution in [2.45, 2.75) is 27.3 Å². The molecule has 0 atom stereocenters. The van der Waals surface area contributed by atoms with E-state index in [0.29, 0.717) is 18.2 Å². The van der Waals surface area contributed by atoms with Gasteiger partial charge in [-0.3, -0.25) is 4.79 Å². The monoisotopic (exact) mass is 294 g/mol. The van der Waals surface area contributed by atoms with Crippen LogP contribution >= 0.6 is 22.7 Å². The lowest BCUT2D eigenvalue weighted by Gasteiger charge is -2.23. The van der Waals surface area contributed by atoms with Crippen molar-refractivity contribution in [3.8, 4) is 0 Å². The van der Waals surface area contributed by atoms with E-state index in [1.165, 1.54) is 16.9 Å². The molecule has 2 rings (SSSR count). The lowest BCUT2D eigenvalue weighted by Crippen LogP contribution is -2.33. The topological polar surface area (TPSA) is 33.2 Å². The Balaban J connectivity index is 2.14. The number of hydrogen-bond donors (Lipinski definition) is 0. The first-order chi connectivity index (χ1) is 9.06. The van der Waals surface area contributed by atoms with Crippen molar-refractivity contribution in [3.63, 3.8) is 0 Å². The Hall–Kier alpha value is -1.20. The van der Waals surface area contributed by atoms with Gasteiger partial charge in [0.1, 0.15) is 5.69 Å². The number of hydrogen-bond acceptors (Lipinski definition) is 4. The van der Waals surface area contributed by atoms with Crippen molar-refractivity contribution >= 4 is 28.6 Å². The van der Waals surface area contributed by atoms with Crippen LogP contribution in [0.25, 0.3) is 0 Å². The van der Waals surface area contributed by atoms with Crippen LogP contribution < -0.4 is 0 Å². The van der Waals surface area contributed by atoms with Gasteiger partial charge in [0.2, 0.25) is 0 Å². The SMILES string of the molecule is Cc1nc(C(=O)N(Cc2ccsc2)CC(C)C)cs1. The van der Waals surface area contributed by atoms with Crippen LogP contribution in [0.1, 0.15) is 34.9 Å². The fourth-order valence-corrected chi connectivity index (χ4v) is 3.13. The summed E-state index contributed by atoms with van der Waals surface area (Å²) in [6.45, 7) is 7.59. The summed E-state index contributed by atoms with van der Waals surface area (Å²) >= 11 is 3.18. The van der Waals surface area contributed by atoms with Crippen molar-refractivity contribution in [2.24, 2.45) is 5.92 Å². The maximum Gasteiger partial charge on any atom is 0.273 e. The van der Waals surface area contributed by atoms with Gasteiger partial charge in [-0.1, -0.05) is 13.8 Å². The largest absolute Gasteiger partial charge is 0.333 e. The Morgan fingerprint density at radius 3 is 2.74 bits per heavy atom. The maximum absolute atomic E-state index is 12.5. The molecular weight excluding hydrogens is 276 g/mol. The molecule has 0 saturated carbocycles. The molecule has 0 radical (unpaired) electrons. The van der Waals surface area contributed by atoms with Gasteiger partial charge in [-0.2, -0.15) is 11.3 Å². The van der Waals surface area contributed by atoms with Crippen LogP contribution in [-0.2, 0) is 6.54 Å². The number of aromatic nitrogens is 1. The van der Waals surface area contributed by atoms with Crippen molar-refractivity contribution in [2.75, 3.05) is 6.54 Å². The fourth-order valence-electron chi connectivity index (χ4n) is 1.89. The summed E-state index contributed by atoms with van der Waals surface area (Å²) in [6.07, 6.45) is 0. The Morgan fingerprint density at radius 2 is 2.21 bits per heavy atom. The number of nitrogens with zero attached hydrogens (tertiary/aromatic N) is 2. The first-order valence-electron chi connectivity index (χ1n) is 6.28. The normalized spacial score (nSPS) is 10.9. The van der Waals surface area contributed by atoms with Gasteiger partial charge >= 0.3 is 0 Å². The van der Waals surface area contributed by atoms with Crippen molar-refractivity contribution in [1.82, 2.24) is 9.88 Å². The molecule has 2 aromatic rings. The molecular formula is C14H18N2OS2. The number of thiazole rings is 1. The molecule has 19 heavy (non-hydrogen) atoms. The van der Waals surface area contributed by atoms with Gasteiger partial charge in [-0.25, -0.2) is 4.98 Å². The molecule has 1 amide bonds. The first kappa shape index (κ1) is 14.2. The zero-order valence-corrected chi connectivity index (χ0v) is 13.1. The summed E-state index contributed by atoms with van der Waals surface area (Å²) in [6, 6.07) is 2.07. The number of carbonyl (C=O) groups is 1. The van der Waals surface area contributed by atoms with Crippen LogP contribution in [0.5, 0.6) is 0 Å². The quantitative estimate of drug-likeness (QED) is 0.840. The Labute approximate surface area is 121 Å². The third kappa shape index (κ3) is 3.88. The molecule has 0 aliphatic heterocycles. The highest BCUT2D eigenvalue weighted by Gasteiger charge is 2.19. The minimum atomic E-state index is 0.0317. The van der Waals surface area contributed by atoms with Gasteiger partial charge in [-0.05, 0) is 35.2 Å². The minimum Gasteiger partial charge on any atom is -0.333 e. The lowest BCUT2D eigenvalue weighted by atomic mass is 10.2. The Morgan fingerprint density at radius 1 is 1.42 bits per heavy atom. The van der Waals surface area contributed by atoms with Gasteiger partial charge in [0.25, 0.3) is 5.91 Å². The van der Waals surface area contributed by atoms with Gasteiger partial charge < -0.3 is 4.90 Å². The second-order valence-corrected chi connectivity index (χ2v) is 6.81. The second kappa shape index (κ2) is 6.30. The third-order valence-electron chi connectivity index (χ3n) is 2.66. The van der Waals surface area contributed by atoms with E-state index in [1.54, 1.807) is 11.3 Å². The van der Waals surface area contributed by atoms with E-state index in [4.69, 9.17) is 0 Å². The second-order valence-electron chi connectivity index (χ2n) is 4.96. The average Bonchev–Trinajstić information content (AvgIpc) is 2.98. The third-order valence-corrected chi connectivity index (χ3v) is 4.17. The van der Waals surface area contributed by atoms with E-state index >= 15 is 0 Å². The van der Waals surface area contributed by atoms with Crippen LogP contribution in [0.15, 0.2) is 22.2 Å². The Bertz CT molecular complexity index is 531. The molecule has 0 aromatic carbocycles. The van der Waals surface area contributed by atoms with Crippen LogP contribution in [-0.4, -0.2) is 22.3 Å². The predicted octanol–water partition coefficient (Wildman–Crippen LogP) is 3.81. The van der Waals surface area contributed by atoms with E-state index in [9.17, 15) is 4.79 Å². The summed E-state index contributed by atoms with van der Waals surface area (Å²) in [7, 11) is 0. The number of thiophene rings is 1. The van der Waals surface area contributed by atoms with E-state index in [1.807, 2.05) is 22.6 Å². The van der Waals surface area contributed by atoms with Crippen LogP contribution in [0, 0.1) is 12.8 Å². The van der Waals surface area contributed by atoms with E-state index in [2.05, 4.69) is 30.3 Å².